The molecule has 0 amide bonds. The summed E-state index contributed by atoms with van der Waals surface area (Å²) in [5.41, 5.74) is -0.342. The molecule has 28 heavy (non-hydrogen) atoms. The van der Waals surface area contributed by atoms with E-state index in [4.69, 9.17) is 4.74 Å². The van der Waals surface area contributed by atoms with Crippen molar-refractivity contribution in [3.63, 3.8) is 0 Å². The molecule has 0 aromatic carbocycles. The predicted molar refractivity (Wildman–Crippen MR) is 124 cm³/mol. The average Bonchev–Trinajstić information content (AvgIpc) is 2.65. The van der Waals surface area contributed by atoms with Gasteiger partial charge in [-0.25, -0.2) is 0 Å². The molecule has 168 valence electrons. The first kappa shape index (κ1) is 27.5. The maximum atomic E-state index is 13.1. The van der Waals surface area contributed by atoms with Crippen molar-refractivity contribution in [1.82, 2.24) is 0 Å². The number of carbonyl (C=O) groups excluding carboxylic acids is 1. The van der Waals surface area contributed by atoms with Gasteiger partial charge in [-0.3, -0.25) is 4.79 Å². The third-order valence-electron chi connectivity index (χ3n) is 7.35. The largest absolute Gasteiger partial charge is 0.465 e. The molecule has 0 aromatic heterocycles. The third-order valence-corrected chi connectivity index (χ3v) is 7.35. The van der Waals surface area contributed by atoms with Crippen LogP contribution in [0.4, 0.5) is 0 Å². The first-order chi connectivity index (χ1) is 13.1. The first-order valence-corrected chi connectivity index (χ1v) is 12.2. The van der Waals surface area contributed by atoms with Gasteiger partial charge in [0, 0.05) is 0 Å². The summed E-state index contributed by atoms with van der Waals surface area (Å²) in [5.74, 6) is 0.0109. The minimum Gasteiger partial charge on any atom is -0.465 e. The summed E-state index contributed by atoms with van der Waals surface area (Å²) in [7, 11) is 0. The van der Waals surface area contributed by atoms with Crippen LogP contribution in [0, 0.1) is 16.2 Å². The SMILES string of the molecule is CCCCCCCCCCCCOC(=O)C(C)(CC(C)(C)CC)C(C)(C)CC. The Hall–Kier alpha value is -0.530. The summed E-state index contributed by atoms with van der Waals surface area (Å²) < 4.78 is 5.82. The zero-order valence-corrected chi connectivity index (χ0v) is 20.7. The maximum Gasteiger partial charge on any atom is 0.312 e. The highest BCUT2D eigenvalue weighted by atomic mass is 16.5. The van der Waals surface area contributed by atoms with Crippen LogP contribution in [0.3, 0.4) is 0 Å². The minimum absolute atomic E-state index is 0.0109. The van der Waals surface area contributed by atoms with E-state index in [0.29, 0.717) is 6.61 Å². The molecule has 0 saturated carbocycles. The van der Waals surface area contributed by atoms with Crippen molar-refractivity contribution < 1.29 is 9.53 Å². The molecule has 0 aliphatic rings. The average molecular weight is 397 g/mol. The molecule has 2 heteroatoms. The summed E-state index contributed by atoms with van der Waals surface area (Å²) in [5, 5.41) is 0. The molecule has 0 aliphatic carbocycles. The van der Waals surface area contributed by atoms with E-state index in [9.17, 15) is 4.79 Å². The number of ether oxygens (including phenoxy) is 1. The Bertz CT molecular complexity index is 411. The second-order valence-electron chi connectivity index (χ2n) is 10.6. The normalized spacial score (nSPS) is 14.7. The third kappa shape index (κ3) is 9.79. The van der Waals surface area contributed by atoms with Crippen LogP contribution in [0.25, 0.3) is 0 Å². The fraction of sp³-hybridized carbons (Fsp3) is 0.962. The van der Waals surface area contributed by atoms with Gasteiger partial charge in [-0.15, -0.1) is 0 Å². The molecular weight excluding hydrogens is 344 g/mol. The molecule has 1 atom stereocenters. The molecular formula is C26H52O2. The standard InChI is InChI=1S/C26H52O2/c1-9-12-13-14-15-16-17-18-19-20-21-28-23(27)26(8,25(6,7)11-3)22-24(4,5)10-2/h9-22H2,1-8H3. The maximum absolute atomic E-state index is 13.1. The molecule has 0 bridgehead atoms. The lowest BCUT2D eigenvalue weighted by Gasteiger charge is -2.45. The summed E-state index contributed by atoms with van der Waals surface area (Å²) >= 11 is 0. The van der Waals surface area contributed by atoms with Crippen molar-refractivity contribution in [1.29, 1.82) is 0 Å². The quantitative estimate of drug-likeness (QED) is 0.181. The topological polar surface area (TPSA) is 26.3 Å². The number of carbonyl (C=O) groups is 1. The van der Waals surface area contributed by atoms with Crippen LogP contribution in [0.15, 0.2) is 0 Å². The van der Waals surface area contributed by atoms with Gasteiger partial charge in [0.2, 0.25) is 0 Å². The van der Waals surface area contributed by atoms with Crippen LogP contribution in [0.2, 0.25) is 0 Å². The molecule has 0 heterocycles. The van der Waals surface area contributed by atoms with Crippen molar-refractivity contribution in [2.45, 2.75) is 139 Å². The number of hydrogen-bond donors (Lipinski definition) is 0. The molecule has 0 radical (unpaired) electrons. The van der Waals surface area contributed by atoms with E-state index in [1.807, 2.05) is 0 Å². The highest BCUT2D eigenvalue weighted by Gasteiger charge is 2.49. The zero-order chi connectivity index (χ0) is 21.7. The van der Waals surface area contributed by atoms with Gasteiger partial charge in [-0.2, -0.15) is 0 Å². The monoisotopic (exact) mass is 396 g/mol. The second kappa shape index (κ2) is 13.6. The van der Waals surface area contributed by atoms with Crippen LogP contribution in [-0.2, 0) is 9.53 Å². The van der Waals surface area contributed by atoms with Crippen molar-refractivity contribution in [2.75, 3.05) is 6.61 Å². The van der Waals surface area contributed by atoms with Gasteiger partial charge in [0.15, 0.2) is 0 Å². The molecule has 0 saturated heterocycles. The van der Waals surface area contributed by atoms with Crippen LogP contribution in [-0.4, -0.2) is 12.6 Å². The van der Waals surface area contributed by atoms with E-state index in [1.54, 1.807) is 0 Å². The van der Waals surface area contributed by atoms with E-state index in [-0.39, 0.29) is 16.8 Å². The lowest BCUT2D eigenvalue weighted by molar-refractivity contribution is -0.166. The van der Waals surface area contributed by atoms with Gasteiger partial charge in [-0.1, -0.05) is 113 Å². The highest BCUT2D eigenvalue weighted by Crippen LogP contribution is 2.50. The highest BCUT2D eigenvalue weighted by molar-refractivity contribution is 5.77. The van der Waals surface area contributed by atoms with E-state index >= 15 is 0 Å². The van der Waals surface area contributed by atoms with Crippen LogP contribution in [0.5, 0.6) is 0 Å². The molecule has 0 aliphatic heterocycles. The summed E-state index contributed by atoms with van der Waals surface area (Å²) in [6.07, 6.45) is 16.0. The van der Waals surface area contributed by atoms with E-state index in [2.05, 4.69) is 55.4 Å². The van der Waals surface area contributed by atoms with Crippen molar-refractivity contribution >= 4 is 5.97 Å². The fourth-order valence-corrected chi connectivity index (χ4v) is 3.97. The molecule has 0 N–H and O–H groups in total. The van der Waals surface area contributed by atoms with Gasteiger partial charge in [0.1, 0.15) is 0 Å². The number of esters is 1. The van der Waals surface area contributed by atoms with Crippen molar-refractivity contribution in [2.24, 2.45) is 16.2 Å². The Morgan fingerprint density at radius 3 is 1.57 bits per heavy atom. The molecule has 1 unspecified atom stereocenters. The Morgan fingerprint density at radius 1 is 0.679 bits per heavy atom. The zero-order valence-electron chi connectivity index (χ0n) is 20.7. The van der Waals surface area contributed by atoms with Crippen LogP contribution >= 0.6 is 0 Å². The summed E-state index contributed by atoms with van der Waals surface area (Å²) in [6, 6.07) is 0. The summed E-state index contributed by atoms with van der Waals surface area (Å²) in [6.45, 7) is 18.4. The first-order valence-electron chi connectivity index (χ1n) is 12.2. The Balaban J connectivity index is 4.30. The molecule has 0 fully saturated rings. The van der Waals surface area contributed by atoms with Crippen LogP contribution < -0.4 is 0 Å². The van der Waals surface area contributed by atoms with E-state index in [0.717, 1.165) is 25.7 Å². The lowest BCUT2D eigenvalue weighted by Crippen LogP contribution is -2.46. The van der Waals surface area contributed by atoms with Gasteiger partial charge in [-0.05, 0) is 37.0 Å². The van der Waals surface area contributed by atoms with Crippen LogP contribution in [0.1, 0.15) is 139 Å². The van der Waals surface area contributed by atoms with Crippen molar-refractivity contribution in [3.05, 3.63) is 0 Å². The van der Waals surface area contributed by atoms with Crippen molar-refractivity contribution in [3.8, 4) is 0 Å². The fourth-order valence-electron chi connectivity index (χ4n) is 3.97. The van der Waals surface area contributed by atoms with E-state index < -0.39 is 5.41 Å². The number of rotatable bonds is 17. The van der Waals surface area contributed by atoms with Gasteiger partial charge < -0.3 is 4.74 Å². The lowest BCUT2D eigenvalue weighted by atomic mass is 9.58. The minimum atomic E-state index is -0.431. The molecule has 0 rings (SSSR count). The number of hydrogen-bond acceptors (Lipinski definition) is 2. The summed E-state index contributed by atoms with van der Waals surface area (Å²) in [4.78, 5) is 13.1. The predicted octanol–water partition coefficient (Wildman–Crippen LogP) is 8.72. The number of unbranched alkanes of at least 4 members (excludes halogenated alkanes) is 9. The van der Waals surface area contributed by atoms with Gasteiger partial charge in [0.25, 0.3) is 0 Å². The van der Waals surface area contributed by atoms with E-state index in [1.165, 1.54) is 57.8 Å². The Labute approximate surface area is 177 Å². The Morgan fingerprint density at radius 2 is 1.14 bits per heavy atom. The van der Waals surface area contributed by atoms with Gasteiger partial charge in [0.05, 0.1) is 12.0 Å². The second-order valence-corrected chi connectivity index (χ2v) is 10.6. The molecule has 0 spiro atoms. The van der Waals surface area contributed by atoms with Gasteiger partial charge >= 0.3 is 5.97 Å². The smallest absolute Gasteiger partial charge is 0.312 e. The molecule has 2 nitrogen and oxygen atoms in total. The molecule has 0 aromatic rings. The Kier molecular flexibility index (Phi) is 13.4.